The number of aliphatic hydroxyl groups excluding tert-OH is 1. The Hall–Kier alpha value is -3.51. The number of likely N-dealkylation sites (N-methyl/N-ethyl adjacent to an activating group) is 1. The molecule has 0 saturated heterocycles. The van der Waals surface area contributed by atoms with Crippen LogP contribution in [-0.2, 0) is 20.8 Å². The zero-order valence-corrected chi connectivity index (χ0v) is 22.0. The third kappa shape index (κ3) is 7.99. The second kappa shape index (κ2) is 13.2. The quantitative estimate of drug-likeness (QED) is 0.394. The van der Waals surface area contributed by atoms with Crippen LogP contribution in [0.15, 0.2) is 29.6 Å². The maximum atomic E-state index is 13.1. The van der Waals surface area contributed by atoms with Crippen molar-refractivity contribution in [2.45, 2.75) is 51.3 Å². The highest BCUT2D eigenvalue weighted by Crippen LogP contribution is 2.19. The number of ether oxygens (including phenoxy) is 1. The van der Waals surface area contributed by atoms with E-state index in [4.69, 9.17) is 4.74 Å². The number of aryl methyl sites for hydroxylation is 2. The number of fused-ring (bicyclic) bond motifs is 1. The van der Waals surface area contributed by atoms with Gasteiger partial charge in [0, 0.05) is 31.1 Å². The topological polar surface area (TPSA) is 150 Å². The van der Waals surface area contributed by atoms with Crippen molar-refractivity contribution in [1.29, 1.82) is 0 Å². The molecular weight excluding hydrogens is 498 g/mol. The van der Waals surface area contributed by atoms with Crippen LogP contribution in [0, 0.1) is 6.92 Å². The summed E-state index contributed by atoms with van der Waals surface area (Å²) in [5, 5.41) is 20.9. The average Bonchev–Trinajstić information content (AvgIpc) is 3.28. The number of carbonyl (C=O) groups is 4. The van der Waals surface area contributed by atoms with E-state index in [1.165, 1.54) is 18.9 Å². The van der Waals surface area contributed by atoms with Gasteiger partial charge in [0.25, 0.3) is 5.91 Å². The van der Waals surface area contributed by atoms with Crippen LogP contribution in [-0.4, -0.2) is 83.6 Å². The molecule has 200 valence electrons. The first-order valence-corrected chi connectivity index (χ1v) is 13.0. The van der Waals surface area contributed by atoms with E-state index in [0.717, 1.165) is 10.7 Å². The molecule has 0 fully saturated rings. The van der Waals surface area contributed by atoms with Gasteiger partial charge in [-0.05, 0) is 32.4 Å². The molecule has 0 radical (unpaired) electrons. The normalized spacial score (nSPS) is 20.1. The predicted molar refractivity (Wildman–Crippen MR) is 137 cm³/mol. The first-order valence-electron chi connectivity index (χ1n) is 12.1. The minimum Gasteiger partial charge on any atom is -0.491 e. The Morgan fingerprint density at radius 3 is 2.76 bits per heavy atom. The molecule has 3 rings (SSSR count). The van der Waals surface area contributed by atoms with E-state index >= 15 is 0 Å². The minimum absolute atomic E-state index is 0.0789. The molecular formula is C25H33N5O6S. The van der Waals surface area contributed by atoms with E-state index in [-0.39, 0.29) is 24.5 Å². The van der Waals surface area contributed by atoms with Gasteiger partial charge in [0.2, 0.25) is 17.7 Å². The Kier molecular flexibility index (Phi) is 9.98. The van der Waals surface area contributed by atoms with Gasteiger partial charge in [-0.15, -0.1) is 11.3 Å². The van der Waals surface area contributed by atoms with Gasteiger partial charge in [0.15, 0.2) is 0 Å². The molecule has 0 aliphatic carbocycles. The molecule has 4 N–H and O–H groups in total. The fourth-order valence-corrected chi connectivity index (χ4v) is 4.58. The number of rotatable bonds is 6. The van der Waals surface area contributed by atoms with Crippen LogP contribution >= 0.6 is 11.3 Å². The molecule has 0 spiro atoms. The van der Waals surface area contributed by atoms with Crippen molar-refractivity contribution in [1.82, 2.24) is 25.8 Å². The zero-order valence-electron chi connectivity index (χ0n) is 21.2. The maximum absolute atomic E-state index is 13.1. The van der Waals surface area contributed by atoms with Gasteiger partial charge in [-0.2, -0.15) is 0 Å². The molecule has 0 bridgehead atoms. The number of amides is 4. The lowest BCUT2D eigenvalue weighted by molar-refractivity contribution is -0.139. The van der Waals surface area contributed by atoms with E-state index in [1.54, 1.807) is 35.6 Å². The third-order valence-electron chi connectivity index (χ3n) is 5.80. The number of hydrogen-bond donors (Lipinski definition) is 4. The van der Waals surface area contributed by atoms with Crippen LogP contribution in [0.1, 0.15) is 40.8 Å². The highest BCUT2D eigenvalue weighted by atomic mass is 32.1. The van der Waals surface area contributed by atoms with E-state index in [2.05, 4.69) is 20.9 Å². The second-order valence-electron chi connectivity index (χ2n) is 8.90. The van der Waals surface area contributed by atoms with Crippen molar-refractivity contribution < 1.29 is 29.0 Å². The number of nitrogens with zero attached hydrogens (tertiary/aromatic N) is 2. The van der Waals surface area contributed by atoms with Gasteiger partial charge in [-0.1, -0.05) is 12.1 Å². The average molecular weight is 532 g/mol. The molecule has 0 saturated carbocycles. The van der Waals surface area contributed by atoms with Crippen molar-refractivity contribution in [2.24, 2.45) is 0 Å². The molecule has 3 atom stereocenters. The lowest BCUT2D eigenvalue weighted by atomic mass is 10.1. The fraction of sp³-hybridized carbons (Fsp3) is 0.480. The van der Waals surface area contributed by atoms with Crippen LogP contribution in [0.3, 0.4) is 0 Å². The van der Waals surface area contributed by atoms with E-state index in [0.29, 0.717) is 19.4 Å². The molecule has 2 heterocycles. The van der Waals surface area contributed by atoms with Crippen LogP contribution in [0.4, 0.5) is 0 Å². The fourth-order valence-electron chi connectivity index (χ4n) is 3.76. The lowest BCUT2D eigenvalue weighted by Crippen LogP contribution is -2.55. The number of thiazole rings is 1. The summed E-state index contributed by atoms with van der Waals surface area (Å²) < 4.78 is 5.75. The Morgan fingerprint density at radius 2 is 2.05 bits per heavy atom. The summed E-state index contributed by atoms with van der Waals surface area (Å²) in [6, 6.07) is 4.11. The zero-order chi connectivity index (χ0) is 26.9. The molecule has 37 heavy (non-hydrogen) atoms. The molecule has 11 nitrogen and oxygen atoms in total. The minimum atomic E-state index is -1.21. The Morgan fingerprint density at radius 1 is 1.30 bits per heavy atom. The van der Waals surface area contributed by atoms with Crippen LogP contribution in [0.2, 0.25) is 0 Å². The molecule has 12 heteroatoms. The van der Waals surface area contributed by atoms with Crippen molar-refractivity contribution in [3.8, 4) is 5.75 Å². The summed E-state index contributed by atoms with van der Waals surface area (Å²) >= 11 is 1.55. The Bertz CT molecular complexity index is 1120. The highest BCUT2D eigenvalue weighted by molar-refractivity contribution is 7.09. The van der Waals surface area contributed by atoms with E-state index in [9.17, 15) is 24.3 Å². The van der Waals surface area contributed by atoms with Crippen LogP contribution in [0.25, 0.3) is 0 Å². The maximum Gasteiger partial charge on any atom is 0.255 e. The first kappa shape index (κ1) is 28.1. The highest BCUT2D eigenvalue weighted by Gasteiger charge is 2.31. The Labute approximate surface area is 219 Å². The SMILES string of the molecule is Cc1csc(CCCNC(=O)[C@@H]2CC(=O)N[C@@H]([C@@H](C)O)C(=O)N(C)CCOc3ccccc3C(=O)N2)n1. The largest absolute Gasteiger partial charge is 0.491 e. The number of aromatic nitrogens is 1. The summed E-state index contributed by atoms with van der Waals surface area (Å²) in [5.41, 5.74) is 1.15. The number of nitrogens with one attached hydrogen (secondary N) is 3. The van der Waals surface area contributed by atoms with Gasteiger partial charge in [-0.3, -0.25) is 19.2 Å². The number of hydrogen-bond acceptors (Lipinski definition) is 8. The number of para-hydroxylation sites is 1. The number of aliphatic hydroxyl groups is 1. The molecule has 4 amide bonds. The second-order valence-corrected chi connectivity index (χ2v) is 9.84. The van der Waals surface area contributed by atoms with E-state index in [1.807, 2.05) is 12.3 Å². The van der Waals surface area contributed by atoms with Gasteiger partial charge in [-0.25, -0.2) is 4.98 Å². The molecule has 1 aromatic heterocycles. The molecule has 2 aromatic rings. The van der Waals surface area contributed by atoms with Crippen LogP contribution in [0.5, 0.6) is 5.75 Å². The summed E-state index contributed by atoms with van der Waals surface area (Å²) in [5.74, 6) is -1.99. The van der Waals surface area contributed by atoms with Crippen molar-refractivity contribution in [2.75, 3.05) is 26.7 Å². The van der Waals surface area contributed by atoms with Crippen LogP contribution < -0.4 is 20.7 Å². The summed E-state index contributed by atoms with van der Waals surface area (Å²) in [4.78, 5) is 57.5. The Balaban J connectivity index is 1.77. The molecule has 1 aromatic carbocycles. The third-order valence-corrected chi connectivity index (χ3v) is 6.83. The first-order chi connectivity index (χ1) is 17.7. The van der Waals surface area contributed by atoms with Crippen molar-refractivity contribution >= 4 is 35.0 Å². The standard InChI is InChI=1S/C25H33N5O6S/c1-15-14-37-21(27-15)9-6-10-26-24(34)18-13-20(32)29-22(16(2)31)25(35)30(3)11-12-36-19-8-5-4-7-17(19)23(33)28-18/h4-5,7-8,14,16,18,22,31H,6,9-13H2,1-3H3,(H,26,34)(H,28,33)(H,29,32)/t16-,18+,22+/m1/s1. The number of carbonyl (C=O) groups excluding carboxylic acids is 4. The van der Waals surface area contributed by atoms with Gasteiger partial charge >= 0.3 is 0 Å². The van der Waals surface area contributed by atoms with E-state index < -0.39 is 48.2 Å². The predicted octanol–water partition coefficient (Wildman–Crippen LogP) is 0.405. The van der Waals surface area contributed by atoms with Crippen molar-refractivity contribution in [3.63, 3.8) is 0 Å². The molecule has 0 unspecified atom stereocenters. The van der Waals surface area contributed by atoms with Gasteiger partial charge < -0.3 is 30.7 Å². The van der Waals surface area contributed by atoms with Gasteiger partial charge in [0.1, 0.15) is 24.4 Å². The summed E-state index contributed by atoms with van der Waals surface area (Å²) in [6.45, 7) is 3.88. The molecule has 1 aliphatic heterocycles. The summed E-state index contributed by atoms with van der Waals surface area (Å²) in [7, 11) is 1.53. The number of benzene rings is 1. The van der Waals surface area contributed by atoms with Crippen molar-refractivity contribution in [3.05, 3.63) is 45.9 Å². The smallest absolute Gasteiger partial charge is 0.255 e. The lowest BCUT2D eigenvalue weighted by Gasteiger charge is -2.28. The van der Waals surface area contributed by atoms with Gasteiger partial charge in [0.05, 0.1) is 29.6 Å². The monoisotopic (exact) mass is 531 g/mol. The summed E-state index contributed by atoms with van der Waals surface area (Å²) in [6.07, 6.45) is -0.281. The molecule has 1 aliphatic rings.